The summed E-state index contributed by atoms with van der Waals surface area (Å²) < 4.78 is 21.8. The van der Waals surface area contributed by atoms with Crippen LogP contribution in [0, 0.1) is 0 Å². The van der Waals surface area contributed by atoms with Gasteiger partial charge in [-0.2, -0.15) is 0 Å². The molecule has 1 aliphatic heterocycles. The monoisotopic (exact) mass is 319 g/mol. The van der Waals surface area contributed by atoms with Gasteiger partial charge in [-0.1, -0.05) is 24.3 Å². The summed E-state index contributed by atoms with van der Waals surface area (Å²) in [6.07, 6.45) is 0.323. The highest BCUT2D eigenvalue weighted by atomic mass is 31.1. The van der Waals surface area contributed by atoms with E-state index in [1.165, 1.54) is 0 Å². The van der Waals surface area contributed by atoms with Gasteiger partial charge in [-0.05, 0) is 36.2 Å². The number of fused-ring (bicyclic) bond motifs is 1. The van der Waals surface area contributed by atoms with E-state index in [0.717, 1.165) is 35.5 Å². The van der Waals surface area contributed by atoms with Crippen LogP contribution in [0.1, 0.15) is 17.4 Å². The van der Waals surface area contributed by atoms with E-state index in [0.29, 0.717) is 0 Å². The maximum Gasteiger partial charge on any atom is 0.318 e. The predicted octanol–water partition coefficient (Wildman–Crippen LogP) is 3.16. The molecule has 1 unspecified atom stereocenters. The summed E-state index contributed by atoms with van der Waals surface area (Å²) in [5, 5.41) is 0. The molecule has 0 saturated heterocycles. The van der Waals surface area contributed by atoms with E-state index in [9.17, 15) is 9.46 Å². The topological polar surface area (TPSA) is 59.0 Å². The number of anilines is 1. The Hall–Kier alpha value is -1.81. The van der Waals surface area contributed by atoms with Gasteiger partial charge in [0.15, 0.2) is 6.23 Å². The first kappa shape index (κ1) is 15.1. The molecule has 2 atom stereocenters. The summed E-state index contributed by atoms with van der Waals surface area (Å²) in [6, 6.07) is 15.5. The fourth-order valence-electron chi connectivity index (χ4n) is 2.79. The summed E-state index contributed by atoms with van der Waals surface area (Å²) in [5.74, 6) is 0.773. The first-order valence-electron chi connectivity index (χ1n) is 7.07. The molecule has 0 bridgehead atoms. The van der Waals surface area contributed by atoms with Gasteiger partial charge in [0.05, 0.1) is 7.11 Å². The van der Waals surface area contributed by atoms with E-state index in [2.05, 4.69) is 0 Å². The minimum atomic E-state index is -3.04. The van der Waals surface area contributed by atoms with Gasteiger partial charge < -0.3 is 14.5 Å². The molecule has 6 heteroatoms. The van der Waals surface area contributed by atoms with Gasteiger partial charge in [0.1, 0.15) is 5.75 Å². The zero-order chi connectivity index (χ0) is 15.5. The van der Waals surface area contributed by atoms with Crippen molar-refractivity contribution in [2.45, 2.75) is 12.6 Å². The minimum Gasteiger partial charge on any atom is -0.497 e. The number of ether oxygens (including phenoxy) is 1. The lowest BCUT2D eigenvalue weighted by Gasteiger charge is -2.37. The second-order valence-corrected chi connectivity index (χ2v) is 5.84. The van der Waals surface area contributed by atoms with Crippen LogP contribution >= 0.6 is 8.25 Å². The minimum absolute atomic E-state index is 0.547. The molecule has 0 fully saturated rings. The van der Waals surface area contributed by atoms with E-state index in [-0.39, 0.29) is 0 Å². The van der Waals surface area contributed by atoms with Crippen LogP contribution < -0.4 is 9.64 Å². The molecular weight excluding hydrogens is 301 g/mol. The lowest BCUT2D eigenvalue weighted by molar-refractivity contribution is 0.179. The average Bonchev–Trinajstić information content (AvgIpc) is 2.55. The Morgan fingerprint density at radius 2 is 1.91 bits per heavy atom. The molecule has 0 aromatic heterocycles. The normalized spacial score (nSPS) is 18.6. The number of hydrogen-bond acceptors (Lipinski definition) is 4. The van der Waals surface area contributed by atoms with Crippen LogP contribution in [0.3, 0.4) is 0 Å². The van der Waals surface area contributed by atoms with E-state index >= 15 is 0 Å². The van der Waals surface area contributed by atoms with Crippen LogP contribution in [-0.4, -0.2) is 18.5 Å². The quantitative estimate of drug-likeness (QED) is 0.877. The Morgan fingerprint density at radius 3 is 2.59 bits per heavy atom. The summed E-state index contributed by atoms with van der Waals surface area (Å²) in [7, 11) is -1.42. The molecule has 1 N–H and O–H groups in total. The highest BCUT2D eigenvalue weighted by Crippen LogP contribution is 2.39. The van der Waals surface area contributed by atoms with Crippen LogP contribution in [0.15, 0.2) is 48.5 Å². The van der Waals surface area contributed by atoms with Gasteiger partial charge >= 0.3 is 8.25 Å². The number of benzene rings is 2. The van der Waals surface area contributed by atoms with Crippen molar-refractivity contribution in [1.82, 2.24) is 0 Å². The van der Waals surface area contributed by atoms with Gasteiger partial charge in [-0.3, -0.25) is 9.09 Å². The first-order chi connectivity index (χ1) is 10.7. The van der Waals surface area contributed by atoms with Crippen molar-refractivity contribution in [3.05, 3.63) is 59.7 Å². The number of rotatable bonds is 4. The lowest BCUT2D eigenvalue weighted by atomic mass is 9.98. The third kappa shape index (κ3) is 3.02. The van der Waals surface area contributed by atoms with Crippen molar-refractivity contribution in [3.63, 3.8) is 0 Å². The molecule has 2 aromatic carbocycles. The van der Waals surface area contributed by atoms with Crippen molar-refractivity contribution >= 4 is 13.9 Å². The Bertz CT molecular complexity index is 674. The molecule has 5 nitrogen and oxygen atoms in total. The third-order valence-corrected chi connectivity index (χ3v) is 4.27. The molecule has 116 valence electrons. The van der Waals surface area contributed by atoms with Crippen LogP contribution in [-0.2, 0) is 15.5 Å². The summed E-state index contributed by atoms with van der Waals surface area (Å²) in [6.45, 7) is 0.725. The van der Waals surface area contributed by atoms with Crippen molar-refractivity contribution in [2.75, 3.05) is 18.6 Å². The average molecular weight is 319 g/mol. The Balaban J connectivity index is 1.97. The second kappa shape index (κ2) is 6.53. The largest absolute Gasteiger partial charge is 0.497 e. The van der Waals surface area contributed by atoms with Crippen molar-refractivity contribution in [2.24, 2.45) is 0 Å². The van der Waals surface area contributed by atoms with E-state index in [4.69, 9.17) is 9.26 Å². The molecule has 22 heavy (non-hydrogen) atoms. The molecule has 0 amide bonds. The fourth-order valence-corrected chi connectivity index (χ4v) is 3.23. The van der Waals surface area contributed by atoms with E-state index in [1.807, 2.05) is 53.4 Å². The van der Waals surface area contributed by atoms with Gasteiger partial charge in [0.25, 0.3) is 0 Å². The van der Waals surface area contributed by atoms with Crippen LogP contribution in [0.2, 0.25) is 0 Å². The van der Waals surface area contributed by atoms with Crippen LogP contribution in [0.25, 0.3) is 0 Å². The van der Waals surface area contributed by atoms with E-state index < -0.39 is 14.5 Å². The molecule has 1 heterocycles. The smallest absolute Gasteiger partial charge is 0.318 e. The Morgan fingerprint density at radius 1 is 1.18 bits per heavy atom. The fraction of sp³-hybridized carbons (Fsp3) is 0.250. The van der Waals surface area contributed by atoms with Crippen molar-refractivity contribution < 1.29 is 18.7 Å². The highest BCUT2D eigenvalue weighted by molar-refractivity contribution is 7.32. The van der Waals surface area contributed by atoms with E-state index in [1.54, 1.807) is 7.11 Å². The number of hydrogen-bond donors (Lipinski definition) is 1. The van der Waals surface area contributed by atoms with Crippen molar-refractivity contribution in [3.8, 4) is 5.75 Å². The predicted molar refractivity (Wildman–Crippen MR) is 85.5 cm³/mol. The molecular formula is C16H18NO4P. The summed E-state index contributed by atoms with van der Waals surface area (Å²) in [4.78, 5) is 11.3. The SMILES string of the molecule is COc1ccc(N2CCc3ccccc3[C@@H]2O[PH](=O)O)cc1. The van der Waals surface area contributed by atoms with Gasteiger partial charge in [0.2, 0.25) is 0 Å². The zero-order valence-corrected chi connectivity index (χ0v) is 13.2. The molecule has 0 radical (unpaired) electrons. The van der Waals surface area contributed by atoms with Crippen LogP contribution in [0.4, 0.5) is 5.69 Å². The second-order valence-electron chi connectivity index (χ2n) is 5.08. The molecule has 2 aromatic rings. The Kier molecular flexibility index (Phi) is 4.48. The standard InChI is InChI=1S/C16H18NO4P/c1-20-14-8-6-13(7-9-14)17-11-10-12-4-2-3-5-15(12)16(17)21-22(18)19/h2-9,16,22H,10-11H2,1H3,(H,18,19)/t16-/m0/s1. The first-order valence-corrected chi connectivity index (χ1v) is 8.33. The third-order valence-electron chi connectivity index (χ3n) is 3.84. The maximum absolute atomic E-state index is 11.3. The molecule has 3 rings (SSSR count). The van der Waals surface area contributed by atoms with Gasteiger partial charge in [-0.15, -0.1) is 0 Å². The number of nitrogens with zero attached hydrogens (tertiary/aromatic N) is 1. The maximum atomic E-state index is 11.3. The Labute approximate surface area is 130 Å². The molecule has 0 spiro atoms. The molecule has 0 saturated carbocycles. The van der Waals surface area contributed by atoms with Gasteiger partial charge in [-0.25, -0.2) is 0 Å². The van der Waals surface area contributed by atoms with Gasteiger partial charge in [0, 0.05) is 17.8 Å². The molecule has 1 aliphatic rings. The summed E-state index contributed by atoms with van der Waals surface area (Å²) in [5.41, 5.74) is 3.03. The lowest BCUT2D eigenvalue weighted by Crippen LogP contribution is -2.36. The summed E-state index contributed by atoms with van der Waals surface area (Å²) >= 11 is 0. The number of methoxy groups -OCH3 is 1. The zero-order valence-electron chi connectivity index (χ0n) is 12.2. The van der Waals surface area contributed by atoms with Crippen molar-refractivity contribution in [1.29, 1.82) is 0 Å². The molecule has 0 aliphatic carbocycles. The highest BCUT2D eigenvalue weighted by Gasteiger charge is 2.29. The van der Waals surface area contributed by atoms with Crippen LogP contribution in [0.5, 0.6) is 5.75 Å².